The number of anilines is 1. The number of aryl methyl sites for hydroxylation is 1. The lowest BCUT2D eigenvalue weighted by molar-refractivity contribution is -0.222. The van der Waals surface area contributed by atoms with Gasteiger partial charge in [-0.05, 0) is 24.6 Å². The van der Waals surface area contributed by atoms with Crippen LogP contribution < -0.4 is 5.32 Å². The summed E-state index contributed by atoms with van der Waals surface area (Å²) in [5.41, 5.74) is 0.942. The second kappa shape index (κ2) is 4.96. The zero-order chi connectivity index (χ0) is 14.9. The van der Waals surface area contributed by atoms with Crippen molar-refractivity contribution < 1.29 is 23.5 Å². The molecule has 0 aromatic heterocycles. The lowest BCUT2D eigenvalue weighted by Crippen LogP contribution is -2.42. The molecule has 1 aliphatic rings. The maximum absolute atomic E-state index is 13.1. The maximum atomic E-state index is 13.1. The zero-order valence-electron chi connectivity index (χ0n) is 11.3. The molecular formula is C14H14FNO4. The Hall–Kier alpha value is -2.37. The average molecular weight is 279 g/mol. The first-order chi connectivity index (χ1) is 9.28. The highest BCUT2D eigenvalue weighted by Crippen LogP contribution is 2.23. The van der Waals surface area contributed by atoms with Gasteiger partial charge in [0.05, 0.1) is 0 Å². The van der Waals surface area contributed by atoms with Crippen LogP contribution in [0.1, 0.15) is 19.4 Å². The van der Waals surface area contributed by atoms with E-state index in [1.807, 2.05) is 0 Å². The highest BCUT2D eigenvalue weighted by Gasteiger charge is 2.38. The van der Waals surface area contributed by atoms with Gasteiger partial charge in [-0.3, -0.25) is 0 Å². The first-order valence-electron chi connectivity index (χ1n) is 5.98. The molecule has 0 bridgehead atoms. The fourth-order valence-electron chi connectivity index (χ4n) is 1.68. The van der Waals surface area contributed by atoms with Crippen molar-refractivity contribution in [2.45, 2.75) is 26.6 Å². The van der Waals surface area contributed by atoms with Crippen molar-refractivity contribution in [3.05, 3.63) is 41.4 Å². The molecule has 0 saturated carbocycles. The Morgan fingerprint density at radius 2 is 1.80 bits per heavy atom. The quantitative estimate of drug-likeness (QED) is 0.511. The minimum absolute atomic E-state index is 0.270. The summed E-state index contributed by atoms with van der Waals surface area (Å²) in [6, 6.07) is 4.16. The fraction of sp³-hybridized carbons (Fsp3) is 0.286. The van der Waals surface area contributed by atoms with Crippen LogP contribution in [0.4, 0.5) is 10.1 Å². The molecule has 2 rings (SSSR count). The third-order valence-electron chi connectivity index (χ3n) is 2.69. The van der Waals surface area contributed by atoms with Crippen molar-refractivity contribution in [3.63, 3.8) is 0 Å². The standard InChI is InChI=1S/C14H14FNO4/c1-8-4-5-9(15)6-11(8)16-7-10-12(17)19-14(2,3)20-13(10)18/h4-7,16H,1-3H3. The summed E-state index contributed by atoms with van der Waals surface area (Å²) in [5.74, 6) is -3.27. The summed E-state index contributed by atoms with van der Waals surface area (Å²) in [4.78, 5) is 23.4. The van der Waals surface area contributed by atoms with Gasteiger partial charge in [-0.25, -0.2) is 14.0 Å². The second-order valence-corrected chi connectivity index (χ2v) is 4.84. The third kappa shape index (κ3) is 2.96. The fourth-order valence-corrected chi connectivity index (χ4v) is 1.68. The van der Waals surface area contributed by atoms with E-state index in [9.17, 15) is 14.0 Å². The van der Waals surface area contributed by atoms with E-state index in [-0.39, 0.29) is 5.57 Å². The topological polar surface area (TPSA) is 64.6 Å². The van der Waals surface area contributed by atoms with E-state index >= 15 is 0 Å². The Balaban J connectivity index is 2.21. The summed E-state index contributed by atoms with van der Waals surface area (Å²) >= 11 is 0. The molecule has 0 spiro atoms. The van der Waals surface area contributed by atoms with Crippen molar-refractivity contribution in [2.75, 3.05) is 5.32 Å². The van der Waals surface area contributed by atoms with Gasteiger partial charge in [-0.1, -0.05) is 6.07 Å². The molecule has 5 nitrogen and oxygen atoms in total. The first kappa shape index (κ1) is 14.0. The summed E-state index contributed by atoms with van der Waals surface area (Å²) in [6.07, 6.45) is 1.15. The van der Waals surface area contributed by atoms with Gasteiger partial charge < -0.3 is 14.8 Å². The molecule has 1 aromatic rings. The molecule has 106 valence electrons. The SMILES string of the molecule is Cc1ccc(F)cc1NC=C1C(=O)OC(C)(C)OC1=O. The number of hydrogen-bond acceptors (Lipinski definition) is 5. The van der Waals surface area contributed by atoms with Gasteiger partial charge in [0, 0.05) is 25.7 Å². The van der Waals surface area contributed by atoms with E-state index in [1.165, 1.54) is 26.0 Å². The monoisotopic (exact) mass is 279 g/mol. The molecule has 20 heavy (non-hydrogen) atoms. The normalized spacial score (nSPS) is 17.3. The van der Waals surface area contributed by atoms with E-state index in [4.69, 9.17) is 9.47 Å². The van der Waals surface area contributed by atoms with Gasteiger partial charge in [0.2, 0.25) is 0 Å². The molecule has 0 radical (unpaired) electrons. The number of carbonyl (C=O) groups is 2. The molecule has 0 atom stereocenters. The summed E-state index contributed by atoms with van der Waals surface area (Å²) < 4.78 is 23.0. The van der Waals surface area contributed by atoms with Crippen LogP contribution in [-0.4, -0.2) is 17.7 Å². The van der Waals surface area contributed by atoms with Crippen molar-refractivity contribution in [1.82, 2.24) is 0 Å². The van der Waals surface area contributed by atoms with Gasteiger partial charge in [0.15, 0.2) is 5.57 Å². The highest BCUT2D eigenvalue weighted by atomic mass is 19.1. The summed E-state index contributed by atoms with van der Waals surface area (Å²) in [6.45, 7) is 4.69. The van der Waals surface area contributed by atoms with E-state index in [2.05, 4.69) is 5.32 Å². The van der Waals surface area contributed by atoms with Gasteiger partial charge in [0.25, 0.3) is 5.79 Å². The Kier molecular flexibility index (Phi) is 3.48. The van der Waals surface area contributed by atoms with E-state index in [1.54, 1.807) is 13.0 Å². The minimum atomic E-state index is -1.28. The molecule has 1 N–H and O–H groups in total. The highest BCUT2D eigenvalue weighted by molar-refractivity contribution is 6.15. The molecule has 0 aliphatic carbocycles. The third-order valence-corrected chi connectivity index (χ3v) is 2.69. The molecule has 6 heteroatoms. The summed E-state index contributed by atoms with van der Waals surface area (Å²) in [7, 11) is 0. The number of carbonyl (C=O) groups excluding carboxylic acids is 2. The van der Waals surface area contributed by atoms with Crippen LogP contribution >= 0.6 is 0 Å². The maximum Gasteiger partial charge on any atom is 0.350 e. The minimum Gasteiger partial charge on any atom is -0.419 e. The van der Waals surface area contributed by atoms with Crippen molar-refractivity contribution >= 4 is 17.6 Å². The Bertz CT molecular complexity index is 585. The van der Waals surface area contributed by atoms with Crippen LogP contribution in [0.2, 0.25) is 0 Å². The van der Waals surface area contributed by atoms with Gasteiger partial charge in [-0.15, -0.1) is 0 Å². The number of cyclic esters (lactones) is 2. The van der Waals surface area contributed by atoms with Gasteiger partial charge >= 0.3 is 11.9 Å². The molecule has 1 aliphatic heterocycles. The van der Waals surface area contributed by atoms with Crippen LogP contribution in [0.3, 0.4) is 0 Å². The van der Waals surface area contributed by atoms with Crippen LogP contribution in [0.15, 0.2) is 30.0 Å². The largest absolute Gasteiger partial charge is 0.419 e. The number of esters is 2. The van der Waals surface area contributed by atoms with E-state index < -0.39 is 23.5 Å². The average Bonchev–Trinajstić information content (AvgIpc) is 2.30. The van der Waals surface area contributed by atoms with E-state index in [0.29, 0.717) is 5.69 Å². The van der Waals surface area contributed by atoms with Crippen LogP contribution in [-0.2, 0) is 19.1 Å². The number of halogens is 1. The lowest BCUT2D eigenvalue weighted by atomic mass is 10.2. The molecule has 1 aromatic carbocycles. The molecule has 1 heterocycles. The molecule has 0 unspecified atom stereocenters. The van der Waals surface area contributed by atoms with Crippen molar-refractivity contribution in [3.8, 4) is 0 Å². The van der Waals surface area contributed by atoms with Crippen molar-refractivity contribution in [1.29, 1.82) is 0 Å². The Morgan fingerprint density at radius 3 is 2.40 bits per heavy atom. The number of rotatable bonds is 2. The van der Waals surface area contributed by atoms with Gasteiger partial charge in [0.1, 0.15) is 5.82 Å². The molecule has 1 fully saturated rings. The van der Waals surface area contributed by atoms with Crippen LogP contribution in [0, 0.1) is 12.7 Å². The number of ether oxygens (including phenoxy) is 2. The smallest absolute Gasteiger partial charge is 0.350 e. The Labute approximate surface area is 115 Å². The number of hydrogen-bond donors (Lipinski definition) is 1. The zero-order valence-corrected chi connectivity index (χ0v) is 11.3. The lowest BCUT2D eigenvalue weighted by Gasteiger charge is -2.29. The summed E-state index contributed by atoms with van der Waals surface area (Å²) in [5, 5.41) is 2.71. The second-order valence-electron chi connectivity index (χ2n) is 4.84. The van der Waals surface area contributed by atoms with Crippen LogP contribution in [0.5, 0.6) is 0 Å². The predicted octanol–water partition coefficient (Wildman–Crippen LogP) is 2.27. The number of nitrogens with one attached hydrogen (secondary N) is 1. The predicted molar refractivity (Wildman–Crippen MR) is 69.1 cm³/mol. The number of benzene rings is 1. The first-order valence-corrected chi connectivity index (χ1v) is 5.98. The van der Waals surface area contributed by atoms with E-state index in [0.717, 1.165) is 11.8 Å². The van der Waals surface area contributed by atoms with Crippen LogP contribution in [0.25, 0.3) is 0 Å². The Morgan fingerprint density at radius 1 is 1.20 bits per heavy atom. The van der Waals surface area contributed by atoms with Gasteiger partial charge in [-0.2, -0.15) is 0 Å². The van der Waals surface area contributed by atoms with Crippen molar-refractivity contribution in [2.24, 2.45) is 0 Å². The molecular weight excluding hydrogens is 265 g/mol. The molecule has 1 saturated heterocycles. The molecule has 0 amide bonds.